The van der Waals surface area contributed by atoms with Crippen LogP contribution < -0.4 is 0 Å². The standard InChI is InChI=1S/C23H12ClN3/c24-15-11-17-16-9-13-5-1-2-6-14(13)10-20(16)27-22(17)21(12-15)26-19-8-4-3-7-18(19)25-23(26)27/h1-12H. The highest BCUT2D eigenvalue weighted by atomic mass is 35.5. The molecule has 0 bridgehead atoms. The maximum absolute atomic E-state index is 6.54. The average molecular weight is 366 g/mol. The van der Waals surface area contributed by atoms with Crippen LogP contribution in [-0.2, 0) is 0 Å². The van der Waals surface area contributed by atoms with E-state index in [1.807, 2.05) is 12.1 Å². The molecule has 3 heterocycles. The van der Waals surface area contributed by atoms with Crippen molar-refractivity contribution in [1.29, 1.82) is 0 Å². The Bertz CT molecular complexity index is 1690. The molecule has 0 aliphatic carbocycles. The van der Waals surface area contributed by atoms with Crippen molar-refractivity contribution < 1.29 is 0 Å². The number of hydrogen-bond donors (Lipinski definition) is 0. The lowest BCUT2D eigenvalue weighted by molar-refractivity contribution is 1.22. The number of aromatic nitrogens is 3. The Kier molecular flexibility index (Phi) is 2.31. The molecule has 7 aromatic rings. The Labute approximate surface area is 158 Å². The molecule has 7 rings (SSSR count). The molecule has 0 saturated carbocycles. The molecule has 126 valence electrons. The summed E-state index contributed by atoms with van der Waals surface area (Å²) in [7, 11) is 0. The maximum Gasteiger partial charge on any atom is 0.220 e. The second-order valence-corrected chi connectivity index (χ2v) is 7.55. The molecule has 4 heteroatoms. The first-order chi connectivity index (χ1) is 13.3. The minimum absolute atomic E-state index is 0.746. The highest BCUT2D eigenvalue weighted by Crippen LogP contribution is 2.39. The minimum atomic E-state index is 0.746. The number of benzene rings is 4. The van der Waals surface area contributed by atoms with E-state index in [1.165, 1.54) is 32.6 Å². The molecule has 27 heavy (non-hydrogen) atoms. The summed E-state index contributed by atoms with van der Waals surface area (Å²) in [6.07, 6.45) is 0. The Morgan fingerprint density at radius 3 is 2.33 bits per heavy atom. The third-order valence-electron chi connectivity index (χ3n) is 5.66. The fraction of sp³-hybridized carbons (Fsp3) is 0. The fourth-order valence-corrected chi connectivity index (χ4v) is 4.77. The summed E-state index contributed by atoms with van der Waals surface area (Å²) in [4.78, 5) is 4.95. The molecule has 0 radical (unpaired) electrons. The maximum atomic E-state index is 6.54. The smallest absolute Gasteiger partial charge is 0.220 e. The number of hydrogen-bond acceptors (Lipinski definition) is 1. The van der Waals surface area contributed by atoms with Gasteiger partial charge in [-0.25, -0.2) is 4.98 Å². The molecule has 3 nitrogen and oxygen atoms in total. The number of nitrogens with zero attached hydrogens (tertiary/aromatic N) is 3. The zero-order valence-corrected chi connectivity index (χ0v) is 14.9. The van der Waals surface area contributed by atoms with Crippen molar-refractivity contribution in [2.24, 2.45) is 0 Å². The van der Waals surface area contributed by atoms with E-state index in [-0.39, 0.29) is 0 Å². The molecule has 0 fully saturated rings. The molecular formula is C23H12ClN3. The van der Waals surface area contributed by atoms with Crippen molar-refractivity contribution in [2.45, 2.75) is 0 Å². The van der Waals surface area contributed by atoms with E-state index >= 15 is 0 Å². The molecule has 3 aromatic heterocycles. The highest BCUT2D eigenvalue weighted by molar-refractivity contribution is 6.33. The topological polar surface area (TPSA) is 21.7 Å². The summed E-state index contributed by atoms with van der Waals surface area (Å²) in [6.45, 7) is 0. The van der Waals surface area contributed by atoms with Crippen LogP contribution in [0.1, 0.15) is 0 Å². The minimum Gasteiger partial charge on any atom is -0.277 e. The van der Waals surface area contributed by atoms with Gasteiger partial charge in [-0.15, -0.1) is 0 Å². The lowest BCUT2D eigenvalue weighted by atomic mass is 10.1. The zero-order valence-electron chi connectivity index (χ0n) is 14.1. The van der Waals surface area contributed by atoms with Gasteiger partial charge in [0.2, 0.25) is 5.78 Å². The summed E-state index contributed by atoms with van der Waals surface area (Å²) < 4.78 is 4.50. The van der Waals surface area contributed by atoms with Gasteiger partial charge in [-0.05, 0) is 47.2 Å². The first-order valence-corrected chi connectivity index (χ1v) is 9.32. The number of rotatable bonds is 0. The number of imidazole rings is 2. The van der Waals surface area contributed by atoms with E-state index in [1.54, 1.807) is 0 Å². The second kappa shape index (κ2) is 4.51. The molecule has 0 saturated heterocycles. The van der Waals surface area contributed by atoms with E-state index in [0.29, 0.717) is 0 Å². The molecule has 4 aromatic carbocycles. The van der Waals surface area contributed by atoms with Gasteiger partial charge in [-0.3, -0.25) is 8.80 Å². The van der Waals surface area contributed by atoms with E-state index in [2.05, 4.69) is 69.5 Å². The van der Waals surface area contributed by atoms with Crippen LogP contribution in [0.2, 0.25) is 5.02 Å². The Balaban J connectivity index is 1.88. The van der Waals surface area contributed by atoms with Crippen molar-refractivity contribution in [3.63, 3.8) is 0 Å². The molecule has 0 spiro atoms. The first kappa shape index (κ1) is 13.8. The Morgan fingerprint density at radius 2 is 1.44 bits per heavy atom. The summed E-state index contributed by atoms with van der Waals surface area (Å²) in [5, 5.41) is 5.60. The van der Waals surface area contributed by atoms with Crippen LogP contribution in [-0.4, -0.2) is 13.8 Å². The molecule has 0 N–H and O–H groups in total. The zero-order chi connectivity index (χ0) is 17.7. The van der Waals surface area contributed by atoms with Crippen LogP contribution in [0.25, 0.3) is 54.9 Å². The molecule has 0 atom stereocenters. The van der Waals surface area contributed by atoms with Crippen LogP contribution in [0.4, 0.5) is 0 Å². The Morgan fingerprint density at radius 1 is 0.667 bits per heavy atom. The van der Waals surface area contributed by atoms with Gasteiger partial charge >= 0.3 is 0 Å². The predicted octanol–water partition coefficient (Wildman–Crippen LogP) is 6.29. The van der Waals surface area contributed by atoms with Crippen LogP contribution in [0, 0.1) is 0 Å². The predicted molar refractivity (Wildman–Crippen MR) is 112 cm³/mol. The van der Waals surface area contributed by atoms with Crippen LogP contribution in [0.3, 0.4) is 0 Å². The van der Waals surface area contributed by atoms with Crippen molar-refractivity contribution in [1.82, 2.24) is 13.8 Å². The normalized spacial score (nSPS) is 12.6. The van der Waals surface area contributed by atoms with Crippen molar-refractivity contribution >= 4 is 66.5 Å². The largest absolute Gasteiger partial charge is 0.277 e. The number of fused-ring (bicyclic) bond motifs is 9. The van der Waals surface area contributed by atoms with E-state index in [0.717, 1.165) is 27.4 Å². The van der Waals surface area contributed by atoms with Gasteiger partial charge in [0.25, 0.3) is 0 Å². The molecular weight excluding hydrogens is 354 g/mol. The molecule has 0 aliphatic rings. The quantitative estimate of drug-likeness (QED) is 0.309. The SMILES string of the molecule is Clc1cc2c3cc4ccccc4cc3n3c2c(c1)n1c2ccccc2nc13. The van der Waals surface area contributed by atoms with Gasteiger partial charge in [0.1, 0.15) is 0 Å². The summed E-state index contributed by atoms with van der Waals surface area (Å²) in [5.74, 6) is 0.934. The van der Waals surface area contributed by atoms with Crippen molar-refractivity contribution in [2.75, 3.05) is 0 Å². The van der Waals surface area contributed by atoms with E-state index in [4.69, 9.17) is 16.6 Å². The van der Waals surface area contributed by atoms with Crippen molar-refractivity contribution in [3.05, 3.63) is 77.8 Å². The summed E-state index contributed by atoms with van der Waals surface area (Å²) in [6, 6.07) is 25.4. The molecule has 0 aliphatic heterocycles. The van der Waals surface area contributed by atoms with E-state index < -0.39 is 0 Å². The third-order valence-corrected chi connectivity index (χ3v) is 5.88. The third kappa shape index (κ3) is 1.57. The summed E-state index contributed by atoms with van der Waals surface area (Å²) in [5.41, 5.74) is 5.54. The van der Waals surface area contributed by atoms with Gasteiger partial charge in [-0.2, -0.15) is 0 Å². The van der Waals surface area contributed by atoms with Gasteiger partial charge in [-0.1, -0.05) is 48.0 Å². The number of para-hydroxylation sites is 2. The monoisotopic (exact) mass is 365 g/mol. The average Bonchev–Trinajstić information content (AvgIpc) is 3.30. The summed E-state index contributed by atoms with van der Waals surface area (Å²) >= 11 is 6.54. The highest BCUT2D eigenvalue weighted by Gasteiger charge is 2.21. The first-order valence-electron chi connectivity index (χ1n) is 8.94. The molecule has 0 amide bonds. The van der Waals surface area contributed by atoms with Crippen LogP contribution >= 0.6 is 11.6 Å². The van der Waals surface area contributed by atoms with Gasteiger partial charge in [0.05, 0.1) is 27.6 Å². The van der Waals surface area contributed by atoms with E-state index in [9.17, 15) is 0 Å². The van der Waals surface area contributed by atoms with Gasteiger partial charge in [0.15, 0.2) is 0 Å². The fourth-order valence-electron chi connectivity index (χ4n) is 4.55. The van der Waals surface area contributed by atoms with Crippen LogP contribution in [0.15, 0.2) is 72.8 Å². The van der Waals surface area contributed by atoms with Gasteiger partial charge in [0, 0.05) is 15.8 Å². The number of halogens is 1. The van der Waals surface area contributed by atoms with Crippen molar-refractivity contribution in [3.8, 4) is 0 Å². The Hall–Kier alpha value is -3.30. The lowest BCUT2D eigenvalue weighted by Crippen LogP contribution is -1.84. The van der Waals surface area contributed by atoms with Crippen LogP contribution in [0.5, 0.6) is 0 Å². The van der Waals surface area contributed by atoms with Gasteiger partial charge < -0.3 is 0 Å². The lowest BCUT2D eigenvalue weighted by Gasteiger charge is -2.00. The molecule has 0 unspecified atom stereocenters. The second-order valence-electron chi connectivity index (χ2n) is 7.11.